The minimum atomic E-state index is 0.284. The Kier molecular flexibility index (Phi) is 1.86. The Morgan fingerprint density at radius 3 is 2.53 bits per heavy atom. The van der Waals surface area contributed by atoms with Crippen molar-refractivity contribution >= 4 is 21.6 Å². The molecule has 0 fully saturated rings. The number of fused-ring (bicyclic) bond motifs is 3. The van der Waals surface area contributed by atoms with Crippen molar-refractivity contribution in [2.24, 2.45) is 0 Å². The number of halogens is 1. The van der Waals surface area contributed by atoms with E-state index in [0.29, 0.717) is 0 Å². The molecule has 15 heavy (non-hydrogen) atoms. The number of alkyl halides is 1. The highest BCUT2D eigenvalue weighted by Gasteiger charge is 2.25. The van der Waals surface area contributed by atoms with Gasteiger partial charge in [-0.3, -0.25) is 0 Å². The lowest BCUT2D eigenvalue weighted by atomic mass is 10.1. The van der Waals surface area contributed by atoms with Crippen LogP contribution in [0.1, 0.15) is 16.0 Å². The van der Waals surface area contributed by atoms with Crippen molar-refractivity contribution in [3.05, 3.63) is 53.6 Å². The van der Waals surface area contributed by atoms with Crippen molar-refractivity contribution in [2.45, 2.75) is 4.83 Å². The van der Waals surface area contributed by atoms with Crippen molar-refractivity contribution in [3.8, 4) is 11.1 Å². The van der Waals surface area contributed by atoms with Crippen molar-refractivity contribution in [3.63, 3.8) is 0 Å². The highest BCUT2D eigenvalue weighted by atomic mass is 79.9. The van der Waals surface area contributed by atoms with Crippen LogP contribution in [0.15, 0.2) is 42.5 Å². The first kappa shape index (κ1) is 8.98. The van der Waals surface area contributed by atoms with E-state index in [-0.39, 0.29) is 4.83 Å². The summed E-state index contributed by atoms with van der Waals surface area (Å²) in [5, 5.41) is 0. The lowest BCUT2D eigenvalue weighted by Crippen LogP contribution is -1.89. The van der Waals surface area contributed by atoms with Crippen LogP contribution >= 0.6 is 15.9 Å². The van der Waals surface area contributed by atoms with Crippen LogP contribution in [0.5, 0.6) is 0 Å². The molecular formula is C13H10BrN. The van der Waals surface area contributed by atoms with Crippen LogP contribution in [0.3, 0.4) is 0 Å². The molecular weight excluding hydrogens is 250 g/mol. The molecule has 74 valence electrons. The van der Waals surface area contributed by atoms with E-state index < -0.39 is 0 Å². The summed E-state index contributed by atoms with van der Waals surface area (Å²) in [6.45, 7) is 0. The lowest BCUT2D eigenvalue weighted by Gasteiger charge is -2.04. The average Bonchev–Trinajstić information content (AvgIpc) is 2.54. The summed E-state index contributed by atoms with van der Waals surface area (Å²) in [6.07, 6.45) is 0. The van der Waals surface area contributed by atoms with Gasteiger partial charge in [0.05, 0.1) is 4.83 Å². The van der Waals surface area contributed by atoms with E-state index in [0.717, 1.165) is 5.69 Å². The number of benzene rings is 2. The first-order valence-electron chi connectivity index (χ1n) is 4.90. The SMILES string of the molecule is Nc1ccc2c(c1)[C@H](Br)c1ccccc1-2. The minimum absolute atomic E-state index is 0.284. The van der Waals surface area contributed by atoms with E-state index in [2.05, 4.69) is 52.3 Å². The zero-order valence-corrected chi connectivity index (χ0v) is 9.66. The van der Waals surface area contributed by atoms with E-state index in [9.17, 15) is 0 Å². The van der Waals surface area contributed by atoms with Gasteiger partial charge in [-0.15, -0.1) is 0 Å². The van der Waals surface area contributed by atoms with Gasteiger partial charge in [0.2, 0.25) is 0 Å². The third-order valence-electron chi connectivity index (χ3n) is 2.87. The molecule has 0 unspecified atom stereocenters. The van der Waals surface area contributed by atoms with E-state index in [1.54, 1.807) is 0 Å². The number of anilines is 1. The normalized spacial score (nSPS) is 17.3. The molecule has 2 N–H and O–H groups in total. The minimum Gasteiger partial charge on any atom is -0.399 e. The first-order chi connectivity index (χ1) is 7.27. The molecule has 0 saturated heterocycles. The number of hydrogen-bond donors (Lipinski definition) is 1. The Morgan fingerprint density at radius 1 is 0.933 bits per heavy atom. The molecule has 2 heteroatoms. The second kappa shape index (κ2) is 3.11. The third-order valence-corrected chi connectivity index (χ3v) is 3.86. The zero-order valence-electron chi connectivity index (χ0n) is 8.07. The van der Waals surface area contributed by atoms with E-state index in [1.807, 2.05) is 6.07 Å². The molecule has 1 nitrogen and oxygen atoms in total. The fraction of sp³-hybridized carbons (Fsp3) is 0.0769. The monoisotopic (exact) mass is 259 g/mol. The topological polar surface area (TPSA) is 26.0 Å². The van der Waals surface area contributed by atoms with Crippen LogP contribution in [-0.2, 0) is 0 Å². The smallest absolute Gasteiger partial charge is 0.0657 e. The van der Waals surface area contributed by atoms with E-state index in [1.165, 1.54) is 22.3 Å². The summed E-state index contributed by atoms with van der Waals surface area (Å²) >= 11 is 3.71. The van der Waals surface area contributed by atoms with Crippen LogP contribution in [0.2, 0.25) is 0 Å². The molecule has 0 amide bonds. The summed E-state index contributed by atoms with van der Waals surface area (Å²) < 4.78 is 0. The van der Waals surface area contributed by atoms with Gasteiger partial charge in [0, 0.05) is 5.69 Å². The number of hydrogen-bond acceptors (Lipinski definition) is 1. The molecule has 0 aromatic heterocycles. The van der Waals surface area contributed by atoms with E-state index >= 15 is 0 Å². The predicted octanol–water partition coefficient (Wildman–Crippen LogP) is 3.73. The van der Waals surface area contributed by atoms with Crippen LogP contribution in [-0.4, -0.2) is 0 Å². The van der Waals surface area contributed by atoms with Crippen LogP contribution in [0.4, 0.5) is 5.69 Å². The van der Waals surface area contributed by atoms with Crippen LogP contribution in [0.25, 0.3) is 11.1 Å². The second-order valence-corrected chi connectivity index (χ2v) is 4.71. The van der Waals surface area contributed by atoms with Gasteiger partial charge < -0.3 is 5.73 Å². The van der Waals surface area contributed by atoms with Gasteiger partial charge in [-0.05, 0) is 34.4 Å². The second-order valence-electron chi connectivity index (χ2n) is 3.80. The maximum atomic E-state index is 5.81. The summed E-state index contributed by atoms with van der Waals surface area (Å²) in [6, 6.07) is 14.6. The number of rotatable bonds is 0. The van der Waals surface area contributed by atoms with Gasteiger partial charge in [-0.25, -0.2) is 0 Å². The molecule has 0 saturated carbocycles. The fourth-order valence-corrected chi connectivity index (χ4v) is 2.95. The van der Waals surface area contributed by atoms with Crippen molar-refractivity contribution in [1.29, 1.82) is 0 Å². The van der Waals surface area contributed by atoms with Crippen molar-refractivity contribution in [2.75, 3.05) is 5.73 Å². The molecule has 1 aliphatic carbocycles. The molecule has 2 aromatic carbocycles. The highest BCUT2D eigenvalue weighted by Crippen LogP contribution is 2.48. The summed E-state index contributed by atoms with van der Waals surface area (Å²) in [4.78, 5) is 0.284. The Hall–Kier alpha value is -1.28. The van der Waals surface area contributed by atoms with Gasteiger partial charge in [0.25, 0.3) is 0 Å². The Bertz CT molecular complexity index is 534. The summed E-state index contributed by atoms with van der Waals surface area (Å²) in [5.41, 5.74) is 11.8. The molecule has 1 atom stereocenters. The lowest BCUT2D eigenvalue weighted by molar-refractivity contribution is 1.25. The number of nitrogens with two attached hydrogens (primary N) is 1. The molecule has 0 aliphatic heterocycles. The average molecular weight is 260 g/mol. The molecule has 2 aromatic rings. The molecule has 0 radical (unpaired) electrons. The summed E-state index contributed by atoms with van der Waals surface area (Å²) in [7, 11) is 0. The highest BCUT2D eigenvalue weighted by molar-refractivity contribution is 9.09. The van der Waals surface area contributed by atoms with Crippen molar-refractivity contribution in [1.82, 2.24) is 0 Å². The molecule has 0 bridgehead atoms. The Morgan fingerprint density at radius 2 is 1.67 bits per heavy atom. The standard InChI is InChI=1S/C13H10BrN/c14-13-11-4-2-1-3-9(11)10-6-5-8(15)7-12(10)13/h1-7,13H,15H2/t13-/m1/s1. The quantitative estimate of drug-likeness (QED) is 0.566. The van der Waals surface area contributed by atoms with Crippen molar-refractivity contribution < 1.29 is 0 Å². The summed E-state index contributed by atoms with van der Waals surface area (Å²) in [5.74, 6) is 0. The molecule has 1 aliphatic rings. The maximum Gasteiger partial charge on any atom is 0.0657 e. The van der Waals surface area contributed by atoms with Crippen LogP contribution < -0.4 is 5.73 Å². The molecule has 3 rings (SSSR count). The Balaban J connectivity index is 2.32. The van der Waals surface area contributed by atoms with Gasteiger partial charge in [-0.2, -0.15) is 0 Å². The predicted molar refractivity (Wildman–Crippen MR) is 67.1 cm³/mol. The van der Waals surface area contributed by atoms with Gasteiger partial charge >= 0.3 is 0 Å². The third kappa shape index (κ3) is 1.21. The fourth-order valence-electron chi connectivity index (χ4n) is 2.17. The van der Waals surface area contributed by atoms with Gasteiger partial charge in [-0.1, -0.05) is 46.3 Å². The first-order valence-corrected chi connectivity index (χ1v) is 5.82. The van der Waals surface area contributed by atoms with Crippen LogP contribution in [0, 0.1) is 0 Å². The maximum absolute atomic E-state index is 5.81. The van der Waals surface area contributed by atoms with E-state index in [4.69, 9.17) is 5.73 Å². The number of nitrogen functional groups attached to an aromatic ring is 1. The Labute approximate surface area is 97.1 Å². The molecule has 0 spiro atoms. The largest absolute Gasteiger partial charge is 0.399 e. The van der Waals surface area contributed by atoms with Gasteiger partial charge in [0.15, 0.2) is 0 Å². The zero-order chi connectivity index (χ0) is 10.4. The molecule has 0 heterocycles. The van der Waals surface area contributed by atoms with Gasteiger partial charge in [0.1, 0.15) is 0 Å².